The molecule has 2 aromatic carbocycles. The van der Waals surface area contributed by atoms with Crippen molar-refractivity contribution in [3.05, 3.63) is 65.7 Å². The van der Waals surface area contributed by atoms with Crippen molar-refractivity contribution >= 4 is 20.1 Å². The van der Waals surface area contributed by atoms with E-state index in [-0.39, 0.29) is 17.4 Å². The molecule has 0 saturated carbocycles. The summed E-state index contributed by atoms with van der Waals surface area (Å²) in [5.41, 5.74) is 1.78. The Kier molecular flexibility index (Phi) is 7.16. The summed E-state index contributed by atoms with van der Waals surface area (Å²) in [6, 6.07) is 15.3. The van der Waals surface area contributed by atoms with E-state index in [2.05, 4.69) is 4.72 Å². The van der Waals surface area contributed by atoms with Crippen LogP contribution in [0.15, 0.2) is 59.5 Å². The Labute approximate surface area is 161 Å². The van der Waals surface area contributed by atoms with Crippen molar-refractivity contribution in [1.82, 2.24) is 4.72 Å². The Hall–Kier alpha value is -1.74. The second kappa shape index (κ2) is 8.97. The highest BCUT2D eigenvalue weighted by atomic mass is 32.2. The Morgan fingerprint density at radius 1 is 0.963 bits per heavy atom. The van der Waals surface area contributed by atoms with Gasteiger partial charge in [-0.15, -0.1) is 0 Å². The van der Waals surface area contributed by atoms with Crippen LogP contribution in [-0.2, 0) is 24.3 Å². The minimum absolute atomic E-state index is 0.00437. The summed E-state index contributed by atoms with van der Waals surface area (Å²) in [5.74, 6) is -0.186. The van der Waals surface area contributed by atoms with Crippen LogP contribution < -0.4 is 4.72 Å². The second-order valence-corrected chi connectivity index (χ2v) is 9.97. The molecule has 2 atom stereocenters. The molecule has 0 amide bonds. The summed E-state index contributed by atoms with van der Waals surface area (Å²) in [6.07, 6.45) is 1.37. The van der Waals surface area contributed by atoms with Crippen molar-refractivity contribution in [3.8, 4) is 0 Å². The van der Waals surface area contributed by atoms with E-state index in [0.717, 1.165) is 17.4 Å². The average molecular weight is 412 g/mol. The standard InChI is InChI=1S/C19H25NO5S2/c1-15-9-11-18(12-10-15)27(23,24)20-19(17-7-5-4-6-8-17)16(2)13-14-25-26(3,21)22/h4-12,16,19-20H,13-14H2,1-3H3. The van der Waals surface area contributed by atoms with Crippen LogP contribution >= 0.6 is 0 Å². The minimum Gasteiger partial charge on any atom is -0.270 e. The van der Waals surface area contributed by atoms with E-state index in [1.165, 1.54) is 0 Å². The van der Waals surface area contributed by atoms with E-state index in [9.17, 15) is 16.8 Å². The van der Waals surface area contributed by atoms with Crippen molar-refractivity contribution in [2.24, 2.45) is 5.92 Å². The lowest BCUT2D eigenvalue weighted by atomic mass is 9.93. The molecule has 0 radical (unpaired) electrons. The minimum atomic E-state index is -3.73. The van der Waals surface area contributed by atoms with Crippen LogP contribution in [0, 0.1) is 12.8 Å². The van der Waals surface area contributed by atoms with Crippen LogP contribution in [0.2, 0.25) is 0 Å². The lowest BCUT2D eigenvalue weighted by molar-refractivity contribution is 0.271. The zero-order valence-electron chi connectivity index (χ0n) is 15.6. The maximum atomic E-state index is 12.8. The summed E-state index contributed by atoms with van der Waals surface area (Å²) in [7, 11) is -7.26. The van der Waals surface area contributed by atoms with E-state index >= 15 is 0 Å². The summed E-state index contributed by atoms with van der Waals surface area (Å²) >= 11 is 0. The number of hydrogen-bond donors (Lipinski definition) is 1. The van der Waals surface area contributed by atoms with E-state index < -0.39 is 26.2 Å². The summed E-state index contributed by atoms with van der Waals surface area (Å²) < 4.78 is 55.5. The molecule has 8 heteroatoms. The highest BCUT2D eigenvalue weighted by Gasteiger charge is 2.26. The first-order valence-corrected chi connectivity index (χ1v) is 11.9. The van der Waals surface area contributed by atoms with E-state index in [0.29, 0.717) is 6.42 Å². The van der Waals surface area contributed by atoms with Crippen LogP contribution in [-0.4, -0.2) is 29.7 Å². The topological polar surface area (TPSA) is 89.5 Å². The fourth-order valence-electron chi connectivity index (χ4n) is 2.68. The number of hydrogen-bond acceptors (Lipinski definition) is 5. The molecule has 6 nitrogen and oxygen atoms in total. The zero-order chi connectivity index (χ0) is 20.1. The summed E-state index contributed by atoms with van der Waals surface area (Å²) in [6.45, 7) is 3.75. The van der Waals surface area contributed by atoms with Gasteiger partial charge in [0.25, 0.3) is 10.1 Å². The zero-order valence-corrected chi connectivity index (χ0v) is 17.3. The second-order valence-electron chi connectivity index (χ2n) is 6.61. The third-order valence-electron chi connectivity index (χ3n) is 4.21. The van der Waals surface area contributed by atoms with E-state index in [1.807, 2.05) is 44.2 Å². The lowest BCUT2D eigenvalue weighted by Gasteiger charge is -2.25. The number of sulfonamides is 1. The molecule has 2 rings (SSSR count). The SMILES string of the molecule is Cc1ccc(S(=O)(=O)NC(c2ccccc2)C(C)CCOS(C)(=O)=O)cc1. The number of nitrogens with one attached hydrogen (secondary N) is 1. The highest BCUT2D eigenvalue weighted by Crippen LogP contribution is 2.27. The van der Waals surface area contributed by atoms with E-state index in [4.69, 9.17) is 4.18 Å². The predicted octanol–water partition coefficient (Wildman–Crippen LogP) is 3.02. The normalized spacial score (nSPS) is 14.6. The molecule has 2 aromatic rings. The Balaban J connectivity index is 2.23. The lowest BCUT2D eigenvalue weighted by Crippen LogP contribution is -2.33. The van der Waals surface area contributed by atoms with Gasteiger partial charge in [0.05, 0.1) is 17.8 Å². The molecule has 2 unspecified atom stereocenters. The first kappa shape index (κ1) is 21.6. The average Bonchev–Trinajstić information content (AvgIpc) is 2.59. The maximum Gasteiger partial charge on any atom is 0.264 e. The largest absolute Gasteiger partial charge is 0.270 e. The predicted molar refractivity (Wildman–Crippen MR) is 105 cm³/mol. The van der Waals surface area contributed by atoms with Gasteiger partial charge in [-0.25, -0.2) is 13.1 Å². The molecule has 27 heavy (non-hydrogen) atoms. The van der Waals surface area contributed by atoms with Crippen molar-refractivity contribution in [1.29, 1.82) is 0 Å². The van der Waals surface area contributed by atoms with Gasteiger partial charge in [0, 0.05) is 6.04 Å². The van der Waals surface area contributed by atoms with Gasteiger partial charge in [-0.2, -0.15) is 8.42 Å². The molecule has 0 aliphatic carbocycles. The third kappa shape index (κ3) is 6.73. The number of benzene rings is 2. The molecule has 0 heterocycles. The number of rotatable bonds is 9. The van der Waals surface area contributed by atoms with Gasteiger partial charge in [0.1, 0.15) is 0 Å². The van der Waals surface area contributed by atoms with Crippen molar-refractivity contribution in [2.75, 3.05) is 12.9 Å². The van der Waals surface area contributed by atoms with Gasteiger partial charge < -0.3 is 0 Å². The monoisotopic (exact) mass is 411 g/mol. The molecule has 0 aliphatic heterocycles. The Morgan fingerprint density at radius 3 is 2.11 bits per heavy atom. The van der Waals surface area contributed by atoms with Crippen LogP contribution in [0.4, 0.5) is 0 Å². The summed E-state index contributed by atoms with van der Waals surface area (Å²) in [5, 5.41) is 0. The van der Waals surface area contributed by atoms with Crippen LogP contribution in [0.5, 0.6) is 0 Å². The van der Waals surface area contributed by atoms with Crippen molar-refractivity contribution in [2.45, 2.75) is 31.2 Å². The first-order chi connectivity index (χ1) is 12.6. The van der Waals surface area contributed by atoms with E-state index in [1.54, 1.807) is 24.3 Å². The Bertz CT molecular complexity index is 939. The van der Waals surface area contributed by atoms with Gasteiger partial charge in [0.2, 0.25) is 10.0 Å². The van der Waals surface area contributed by atoms with Crippen molar-refractivity contribution < 1.29 is 21.0 Å². The molecular formula is C19H25NO5S2. The fourth-order valence-corrected chi connectivity index (χ4v) is 4.41. The van der Waals surface area contributed by atoms with Gasteiger partial charge in [0.15, 0.2) is 0 Å². The van der Waals surface area contributed by atoms with Gasteiger partial charge in [-0.05, 0) is 37.0 Å². The summed E-state index contributed by atoms with van der Waals surface area (Å²) in [4.78, 5) is 0.189. The molecular weight excluding hydrogens is 386 g/mol. The van der Waals surface area contributed by atoms with Crippen molar-refractivity contribution in [3.63, 3.8) is 0 Å². The molecule has 0 aliphatic rings. The molecule has 0 fully saturated rings. The molecule has 0 aromatic heterocycles. The maximum absolute atomic E-state index is 12.8. The van der Waals surface area contributed by atoms with Crippen LogP contribution in [0.1, 0.15) is 30.5 Å². The van der Waals surface area contributed by atoms with Crippen LogP contribution in [0.3, 0.4) is 0 Å². The van der Waals surface area contributed by atoms with Gasteiger partial charge in [-0.3, -0.25) is 4.18 Å². The quantitative estimate of drug-likeness (QED) is 0.641. The van der Waals surface area contributed by atoms with Gasteiger partial charge >= 0.3 is 0 Å². The Morgan fingerprint density at radius 2 is 1.56 bits per heavy atom. The molecule has 0 saturated heterocycles. The fraction of sp³-hybridized carbons (Fsp3) is 0.368. The highest BCUT2D eigenvalue weighted by molar-refractivity contribution is 7.89. The number of aryl methyl sites for hydroxylation is 1. The molecule has 0 bridgehead atoms. The van der Waals surface area contributed by atoms with Crippen LogP contribution in [0.25, 0.3) is 0 Å². The third-order valence-corrected chi connectivity index (χ3v) is 6.26. The van der Waals surface area contributed by atoms with Gasteiger partial charge in [-0.1, -0.05) is 55.0 Å². The molecule has 0 spiro atoms. The molecule has 148 valence electrons. The molecule has 1 N–H and O–H groups in total. The first-order valence-electron chi connectivity index (χ1n) is 8.57. The smallest absolute Gasteiger partial charge is 0.264 e.